The van der Waals surface area contributed by atoms with Crippen molar-refractivity contribution in [3.05, 3.63) is 37.5 Å². The Hall–Kier alpha value is -0.710. The second-order valence-corrected chi connectivity index (χ2v) is 1.55. The van der Waals surface area contributed by atoms with Crippen LogP contribution >= 0.6 is 0 Å². The predicted octanol–water partition coefficient (Wildman–Crippen LogP) is 1.60. The summed E-state index contributed by atoms with van der Waals surface area (Å²) >= 11 is -2.61. The number of rotatable bonds is 2. The lowest BCUT2D eigenvalue weighted by atomic mass is 10.5. The molecule has 4 heteroatoms. The van der Waals surface area contributed by atoms with Gasteiger partial charge in [0.15, 0.2) is 0 Å². The summed E-state index contributed by atoms with van der Waals surface area (Å²) in [6.07, 6.45) is 7.07. The lowest BCUT2D eigenvalue weighted by molar-refractivity contribution is 0.454. The van der Waals surface area contributed by atoms with Gasteiger partial charge in [0.2, 0.25) is 0 Å². The Morgan fingerprint density at radius 1 is 1.10 bits per heavy atom. The molecule has 0 atom stereocenters. The van der Waals surface area contributed by atoms with Gasteiger partial charge in [0.05, 0.1) is 0 Å². The van der Waals surface area contributed by atoms with Crippen molar-refractivity contribution in [3.8, 4) is 0 Å². The molecule has 10 heavy (non-hydrogen) atoms. The van der Waals surface area contributed by atoms with Crippen molar-refractivity contribution in [2.75, 3.05) is 0 Å². The summed E-state index contributed by atoms with van der Waals surface area (Å²) in [5.41, 5.74) is 0. The third-order valence-corrected chi connectivity index (χ3v) is 0.383. The Balaban J connectivity index is 0. The van der Waals surface area contributed by atoms with E-state index in [0.717, 1.165) is 0 Å². The molecule has 58 valence electrons. The van der Waals surface area contributed by atoms with Crippen molar-refractivity contribution in [2.45, 2.75) is 0 Å². The van der Waals surface area contributed by atoms with Gasteiger partial charge in [-0.2, -0.15) is 4.21 Å². The average molecular weight is 162 g/mol. The summed E-state index contributed by atoms with van der Waals surface area (Å²) in [7, 11) is 0. The van der Waals surface area contributed by atoms with E-state index in [0.29, 0.717) is 0 Å². The fraction of sp³-hybridized carbons (Fsp3) is 0. The van der Waals surface area contributed by atoms with Crippen molar-refractivity contribution < 1.29 is 13.3 Å². The molecule has 0 bridgehead atoms. The van der Waals surface area contributed by atoms with Crippen LogP contribution in [-0.2, 0) is 11.4 Å². The zero-order valence-electron chi connectivity index (χ0n) is 5.43. The normalized spacial score (nSPS) is 8.70. The van der Waals surface area contributed by atoms with Crippen molar-refractivity contribution in [1.82, 2.24) is 0 Å². The molecule has 0 aromatic rings. The molecule has 0 aliphatic carbocycles. The lowest BCUT2D eigenvalue weighted by Crippen LogP contribution is -1.74. The molecule has 0 saturated heterocycles. The van der Waals surface area contributed by atoms with Crippen LogP contribution in [0.4, 0.5) is 0 Å². The van der Waals surface area contributed by atoms with E-state index in [4.69, 9.17) is 13.3 Å². The minimum Gasteiger partial charge on any atom is -0.284 e. The minimum atomic E-state index is -2.61. The topological polar surface area (TPSA) is 57.5 Å². The van der Waals surface area contributed by atoms with Gasteiger partial charge >= 0.3 is 0 Å². The van der Waals surface area contributed by atoms with Gasteiger partial charge in [-0.3, -0.25) is 9.11 Å². The van der Waals surface area contributed by atoms with Crippen LogP contribution in [0.3, 0.4) is 0 Å². The summed E-state index contributed by atoms with van der Waals surface area (Å²) in [6.45, 7) is 6.93. The van der Waals surface area contributed by atoms with E-state index in [1.165, 1.54) is 0 Å². The highest BCUT2D eigenvalue weighted by atomic mass is 32.2. The van der Waals surface area contributed by atoms with E-state index in [1.54, 1.807) is 12.2 Å². The number of allylic oxidation sites excluding steroid dienone is 4. The molecule has 0 saturated carbocycles. The van der Waals surface area contributed by atoms with Crippen LogP contribution in [0.5, 0.6) is 0 Å². The lowest BCUT2D eigenvalue weighted by Gasteiger charge is -1.60. The summed E-state index contributed by atoms with van der Waals surface area (Å²) in [4.78, 5) is 0. The Bertz CT molecular complexity index is 126. The molecule has 0 aromatic heterocycles. The molecule has 0 fully saturated rings. The first-order valence-corrected chi connectivity index (χ1v) is 3.41. The maximum atomic E-state index is 8.67. The van der Waals surface area contributed by atoms with E-state index >= 15 is 0 Å². The molecule has 3 nitrogen and oxygen atoms in total. The molecule has 0 spiro atoms. The molecule has 0 aromatic carbocycles. The Kier molecular flexibility index (Phi) is 13.4. The van der Waals surface area contributed by atoms with Gasteiger partial charge in [-0.05, 0) is 0 Å². The molecule has 0 unspecified atom stereocenters. The smallest absolute Gasteiger partial charge is 0.284 e. The van der Waals surface area contributed by atoms with Crippen molar-refractivity contribution in [1.29, 1.82) is 0 Å². The van der Waals surface area contributed by atoms with Gasteiger partial charge in [-0.1, -0.05) is 37.5 Å². The van der Waals surface area contributed by atoms with E-state index in [1.807, 2.05) is 12.2 Å². The first kappa shape index (κ1) is 12.0. The van der Waals surface area contributed by atoms with E-state index < -0.39 is 11.4 Å². The van der Waals surface area contributed by atoms with Gasteiger partial charge < -0.3 is 0 Å². The molecule has 0 aliphatic heterocycles. The van der Waals surface area contributed by atoms with Gasteiger partial charge in [-0.25, -0.2) is 0 Å². The molecule has 0 heterocycles. The Labute approximate surface area is 62.9 Å². The zero-order valence-corrected chi connectivity index (χ0v) is 6.25. The highest BCUT2D eigenvalue weighted by Gasteiger charge is 1.62. The zero-order chi connectivity index (χ0) is 8.41. The first-order chi connectivity index (χ1) is 4.65. The number of hydrogen-bond donors (Lipinski definition) is 2. The highest BCUT2D eigenvalue weighted by molar-refractivity contribution is 7.73. The van der Waals surface area contributed by atoms with Gasteiger partial charge in [0, 0.05) is 0 Å². The first-order valence-electron chi connectivity index (χ1n) is 2.35. The molecular weight excluding hydrogens is 152 g/mol. The van der Waals surface area contributed by atoms with Crippen LogP contribution in [-0.4, -0.2) is 13.3 Å². The predicted molar refractivity (Wildman–Crippen MR) is 42.9 cm³/mol. The molecule has 0 radical (unpaired) electrons. The summed E-state index contributed by atoms with van der Waals surface area (Å²) < 4.78 is 22.8. The van der Waals surface area contributed by atoms with Crippen LogP contribution in [0.15, 0.2) is 37.5 Å². The Morgan fingerprint density at radius 3 is 1.40 bits per heavy atom. The third kappa shape index (κ3) is 55.0. The van der Waals surface area contributed by atoms with Crippen LogP contribution < -0.4 is 0 Å². The van der Waals surface area contributed by atoms with E-state index in [2.05, 4.69) is 13.2 Å². The van der Waals surface area contributed by atoms with E-state index in [9.17, 15) is 0 Å². The molecule has 0 amide bonds. The summed E-state index contributed by atoms with van der Waals surface area (Å²) in [5.74, 6) is 0. The van der Waals surface area contributed by atoms with Gasteiger partial charge in [-0.15, -0.1) is 0 Å². The second-order valence-electron chi connectivity index (χ2n) is 1.09. The molecule has 0 rings (SSSR count). The average Bonchev–Trinajstić information content (AvgIpc) is 1.82. The summed E-state index contributed by atoms with van der Waals surface area (Å²) in [6, 6.07) is 0. The maximum absolute atomic E-state index is 8.67. The van der Waals surface area contributed by atoms with Gasteiger partial charge in [0.1, 0.15) is 0 Å². The molecule has 2 N–H and O–H groups in total. The van der Waals surface area contributed by atoms with Crippen molar-refractivity contribution in [2.24, 2.45) is 0 Å². The van der Waals surface area contributed by atoms with Crippen molar-refractivity contribution in [3.63, 3.8) is 0 Å². The second kappa shape index (κ2) is 11.1. The van der Waals surface area contributed by atoms with Crippen LogP contribution in [0.2, 0.25) is 0 Å². The largest absolute Gasteiger partial charge is 0.299 e. The maximum Gasteiger partial charge on any atom is 0.299 e. The fourth-order valence-electron chi connectivity index (χ4n) is 0.157. The van der Waals surface area contributed by atoms with Crippen LogP contribution in [0.25, 0.3) is 0 Å². The molecular formula is C6H10O3S. The highest BCUT2D eigenvalue weighted by Crippen LogP contribution is 1.69. The van der Waals surface area contributed by atoms with Crippen LogP contribution in [0.1, 0.15) is 0 Å². The van der Waals surface area contributed by atoms with E-state index in [-0.39, 0.29) is 0 Å². The molecule has 0 aliphatic rings. The van der Waals surface area contributed by atoms with Gasteiger partial charge in [0.25, 0.3) is 11.4 Å². The fourth-order valence-corrected chi connectivity index (χ4v) is 0.157. The SMILES string of the molecule is C=CC=CC=C.O=S(O)O. The monoisotopic (exact) mass is 162 g/mol. The Morgan fingerprint density at radius 2 is 1.30 bits per heavy atom. The standard InChI is InChI=1S/C6H8.H2O3S/c1-3-5-6-4-2;1-4(2)3/h3-6H,1-2H2;(H2,1,2,3). The van der Waals surface area contributed by atoms with Crippen molar-refractivity contribution >= 4 is 11.4 Å². The quantitative estimate of drug-likeness (QED) is 0.479. The van der Waals surface area contributed by atoms with Crippen LogP contribution in [0, 0.1) is 0 Å². The number of hydrogen-bond acceptors (Lipinski definition) is 1. The third-order valence-electron chi connectivity index (χ3n) is 0.383. The minimum absolute atomic E-state index is 1.71. The summed E-state index contributed by atoms with van der Waals surface area (Å²) in [5, 5.41) is 0.